The Morgan fingerprint density at radius 3 is 2.62 bits per heavy atom. The first-order valence-corrected chi connectivity index (χ1v) is 9.58. The van der Waals surface area contributed by atoms with E-state index in [0.29, 0.717) is 18.1 Å². The van der Waals surface area contributed by atoms with E-state index < -0.39 is 10.0 Å². The van der Waals surface area contributed by atoms with E-state index in [9.17, 15) is 13.2 Å². The Kier molecular flexibility index (Phi) is 5.54. The van der Waals surface area contributed by atoms with Crippen molar-refractivity contribution in [3.63, 3.8) is 0 Å². The summed E-state index contributed by atoms with van der Waals surface area (Å²) in [6, 6.07) is 7.52. The van der Waals surface area contributed by atoms with Crippen molar-refractivity contribution in [3.8, 4) is 0 Å². The second-order valence-corrected chi connectivity index (χ2v) is 8.31. The standard InChI is InChI=1S/C13H17ClN2O3S2/c14-11-1-3-12(4-2-11)20-6-5-16-8-10(7-13(16)17)9-21(15,18)19/h1-4,10H,5-9H2,(H2,15,18,19). The summed E-state index contributed by atoms with van der Waals surface area (Å²) in [6.07, 6.45) is 0.266. The number of likely N-dealkylation sites (tertiary alicyclic amines) is 1. The van der Waals surface area contributed by atoms with Crippen LogP contribution in [0.15, 0.2) is 29.2 Å². The van der Waals surface area contributed by atoms with Gasteiger partial charge in [0.1, 0.15) is 0 Å². The number of hydrogen-bond donors (Lipinski definition) is 1. The summed E-state index contributed by atoms with van der Waals surface area (Å²) in [5, 5.41) is 5.72. The molecule has 1 heterocycles. The molecular weight excluding hydrogens is 332 g/mol. The quantitative estimate of drug-likeness (QED) is 0.791. The first kappa shape index (κ1) is 16.6. The van der Waals surface area contributed by atoms with Crippen LogP contribution >= 0.6 is 23.4 Å². The molecule has 0 saturated carbocycles. The van der Waals surface area contributed by atoms with E-state index in [1.165, 1.54) is 0 Å². The van der Waals surface area contributed by atoms with E-state index in [0.717, 1.165) is 10.6 Å². The molecule has 116 valence electrons. The van der Waals surface area contributed by atoms with Crippen LogP contribution in [-0.2, 0) is 14.8 Å². The van der Waals surface area contributed by atoms with Crippen LogP contribution in [0.1, 0.15) is 6.42 Å². The molecule has 1 unspecified atom stereocenters. The molecule has 2 N–H and O–H groups in total. The first-order valence-electron chi connectivity index (χ1n) is 6.50. The van der Waals surface area contributed by atoms with Crippen molar-refractivity contribution in [2.45, 2.75) is 11.3 Å². The van der Waals surface area contributed by atoms with Gasteiger partial charge in [-0.15, -0.1) is 11.8 Å². The van der Waals surface area contributed by atoms with Crippen LogP contribution in [0.25, 0.3) is 0 Å². The van der Waals surface area contributed by atoms with Crippen LogP contribution in [0.4, 0.5) is 0 Å². The van der Waals surface area contributed by atoms with Gasteiger partial charge in [-0.05, 0) is 24.3 Å². The number of benzene rings is 1. The van der Waals surface area contributed by atoms with Crippen molar-refractivity contribution in [2.75, 3.05) is 24.6 Å². The Morgan fingerprint density at radius 2 is 2.00 bits per heavy atom. The van der Waals surface area contributed by atoms with Crippen molar-refractivity contribution in [3.05, 3.63) is 29.3 Å². The molecule has 1 fully saturated rings. The molecule has 2 rings (SSSR count). The highest BCUT2D eigenvalue weighted by Crippen LogP contribution is 2.23. The molecular formula is C13H17ClN2O3S2. The number of sulfonamides is 1. The molecule has 21 heavy (non-hydrogen) atoms. The van der Waals surface area contributed by atoms with Gasteiger partial charge in [-0.25, -0.2) is 13.6 Å². The van der Waals surface area contributed by atoms with Crippen molar-refractivity contribution < 1.29 is 13.2 Å². The normalized spacial score (nSPS) is 19.2. The molecule has 1 aliphatic rings. The molecule has 0 bridgehead atoms. The average molecular weight is 349 g/mol. The van der Waals surface area contributed by atoms with Crippen molar-refractivity contribution in [2.24, 2.45) is 11.1 Å². The van der Waals surface area contributed by atoms with Crippen LogP contribution in [0.3, 0.4) is 0 Å². The molecule has 0 radical (unpaired) electrons. The smallest absolute Gasteiger partial charge is 0.222 e. The molecule has 1 amide bonds. The number of primary sulfonamides is 1. The molecule has 8 heteroatoms. The van der Waals surface area contributed by atoms with E-state index in [2.05, 4.69) is 0 Å². The van der Waals surface area contributed by atoms with Crippen LogP contribution in [0, 0.1) is 5.92 Å². The Bertz CT molecular complexity index is 604. The summed E-state index contributed by atoms with van der Waals surface area (Å²) < 4.78 is 22.1. The van der Waals surface area contributed by atoms with E-state index in [4.69, 9.17) is 16.7 Å². The van der Waals surface area contributed by atoms with Gasteiger partial charge in [-0.1, -0.05) is 11.6 Å². The van der Waals surface area contributed by atoms with E-state index in [1.54, 1.807) is 16.7 Å². The third-order valence-electron chi connectivity index (χ3n) is 3.21. The Labute approximate surface area is 133 Å². The zero-order valence-electron chi connectivity index (χ0n) is 11.4. The van der Waals surface area contributed by atoms with Gasteiger partial charge in [0, 0.05) is 41.1 Å². The van der Waals surface area contributed by atoms with Crippen molar-refractivity contribution in [1.29, 1.82) is 0 Å². The van der Waals surface area contributed by atoms with Gasteiger partial charge in [-0.2, -0.15) is 0 Å². The molecule has 1 saturated heterocycles. The summed E-state index contributed by atoms with van der Waals surface area (Å²) >= 11 is 7.45. The largest absolute Gasteiger partial charge is 0.342 e. The summed E-state index contributed by atoms with van der Waals surface area (Å²) in [6.45, 7) is 1.07. The fourth-order valence-corrected chi connectivity index (χ4v) is 4.20. The highest BCUT2D eigenvalue weighted by molar-refractivity contribution is 7.99. The summed E-state index contributed by atoms with van der Waals surface area (Å²) in [5.41, 5.74) is 0. The Morgan fingerprint density at radius 1 is 1.33 bits per heavy atom. The van der Waals surface area contributed by atoms with Crippen molar-refractivity contribution in [1.82, 2.24) is 4.90 Å². The lowest BCUT2D eigenvalue weighted by atomic mass is 10.1. The fraction of sp³-hybridized carbons (Fsp3) is 0.462. The lowest BCUT2D eigenvalue weighted by Gasteiger charge is -2.16. The third kappa shape index (κ3) is 5.50. The fourth-order valence-electron chi connectivity index (χ4n) is 2.31. The molecule has 0 aromatic heterocycles. The number of carbonyl (C=O) groups excluding carboxylic acids is 1. The first-order chi connectivity index (χ1) is 9.83. The van der Waals surface area contributed by atoms with Gasteiger partial charge in [0.25, 0.3) is 0 Å². The van der Waals surface area contributed by atoms with E-state index in [1.807, 2.05) is 24.3 Å². The molecule has 1 atom stereocenters. The van der Waals surface area contributed by atoms with Crippen LogP contribution in [-0.4, -0.2) is 43.8 Å². The number of nitrogens with zero attached hydrogens (tertiary/aromatic N) is 1. The number of halogens is 1. The van der Waals surface area contributed by atoms with Crippen LogP contribution in [0.5, 0.6) is 0 Å². The van der Waals surface area contributed by atoms with Gasteiger partial charge in [0.15, 0.2) is 0 Å². The molecule has 5 nitrogen and oxygen atoms in total. The number of amides is 1. The lowest BCUT2D eigenvalue weighted by Crippen LogP contribution is -2.29. The predicted molar refractivity (Wildman–Crippen MR) is 84.8 cm³/mol. The maximum Gasteiger partial charge on any atom is 0.222 e. The summed E-state index contributed by atoms with van der Waals surface area (Å²) in [4.78, 5) is 14.6. The minimum atomic E-state index is -3.52. The second kappa shape index (κ2) is 7.00. The molecule has 0 spiro atoms. The second-order valence-electron chi connectivity index (χ2n) is 5.04. The zero-order valence-corrected chi connectivity index (χ0v) is 13.8. The monoisotopic (exact) mass is 348 g/mol. The topological polar surface area (TPSA) is 80.5 Å². The van der Waals surface area contributed by atoms with E-state index >= 15 is 0 Å². The van der Waals surface area contributed by atoms with E-state index in [-0.39, 0.29) is 24.0 Å². The number of rotatable bonds is 6. The highest BCUT2D eigenvalue weighted by atomic mass is 35.5. The van der Waals surface area contributed by atoms with Crippen LogP contribution < -0.4 is 5.14 Å². The minimum absolute atomic E-state index is 0.000330. The number of thioether (sulfide) groups is 1. The number of hydrogen-bond acceptors (Lipinski definition) is 4. The minimum Gasteiger partial charge on any atom is -0.342 e. The number of carbonyl (C=O) groups is 1. The Balaban J connectivity index is 1.78. The third-order valence-corrected chi connectivity index (χ3v) is 5.39. The molecule has 0 aliphatic carbocycles. The maximum atomic E-state index is 11.8. The predicted octanol–water partition coefficient (Wildman–Crippen LogP) is 1.57. The summed E-state index contributed by atoms with van der Waals surface area (Å²) in [7, 11) is -3.52. The van der Waals surface area contributed by atoms with Crippen molar-refractivity contribution >= 4 is 39.3 Å². The lowest BCUT2D eigenvalue weighted by molar-refractivity contribution is -0.127. The maximum absolute atomic E-state index is 11.8. The van der Waals surface area contributed by atoms with Gasteiger partial charge in [0.2, 0.25) is 15.9 Å². The average Bonchev–Trinajstić information content (AvgIpc) is 2.70. The molecule has 1 aromatic rings. The highest BCUT2D eigenvalue weighted by Gasteiger charge is 2.31. The van der Waals surface area contributed by atoms with Gasteiger partial charge in [-0.3, -0.25) is 4.79 Å². The van der Waals surface area contributed by atoms with Gasteiger partial charge in [0.05, 0.1) is 5.75 Å². The van der Waals surface area contributed by atoms with Gasteiger partial charge >= 0.3 is 0 Å². The number of nitrogens with two attached hydrogens (primary N) is 1. The van der Waals surface area contributed by atoms with Crippen LogP contribution in [0.2, 0.25) is 5.02 Å². The zero-order chi connectivity index (χ0) is 15.5. The molecule has 1 aromatic carbocycles. The van der Waals surface area contributed by atoms with Gasteiger partial charge < -0.3 is 4.90 Å². The Hall–Kier alpha value is -0.760. The SMILES string of the molecule is NS(=O)(=O)CC1CC(=O)N(CCSc2ccc(Cl)cc2)C1. The molecule has 1 aliphatic heterocycles. The summed E-state index contributed by atoms with van der Waals surface area (Å²) in [5.74, 6) is 0.447.